The third kappa shape index (κ3) is 1.50. The van der Waals surface area contributed by atoms with Gasteiger partial charge in [-0.3, -0.25) is 0 Å². The highest BCUT2D eigenvalue weighted by atomic mass is 16.5. The minimum absolute atomic E-state index is 0.415. The van der Waals surface area contributed by atoms with Crippen LogP contribution in [0, 0.1) is 6.92 Å². The van der Waals surface area contributed by atoms with Crippen LogP contribution in [0.25, 0.3) is 0 Å². The summed E-state index contributed by atoms with van der Waals surface area (Å²) in [6.07, 6.45) is 6.66. The van der Waals surface area contributed by atoms with Gasteiger partial charge in [-0.05, 0) is 19.8 Å². The van der Waals surface area contributed by atoms with Crippen molar-refractivity contribution in [1.29, 1.82) is 0 Å². The highest BCUT2D eigenvalue weighted by Gasteiger charge is 2.15. The van der Waals surface area contributed by atoms with Crippen molar-refractivity contribution in [2.45, 2.75) is 32.4 Å². The van der Waals surface area contributed by atoms with Crippen molar-refractivity contribution in [3.63, 3.8) is 0 Å². The van der Waals surface area contributed by atoms with Gasteiger partial charge in [0.15, 0.2) is 0 Å². The second-order valence-electron chi connectivity index (χ2n) is 3.26. The summed E-state index contributed by atoms with van der Waals surface area (Å²) in [6.45, 7) is 3.92. The van der Waals surface area contributed by atoms with Crippen LogP contribution in [0.2, 0.25) is 0 Å². The molecule has 0 bridgehead atoms. The van der Waals surface area contributed by atoms with E-state index in [2.05, 4.69) is 9.55 Å². The van der Waals surface area contributed by atoms with Crippen LogP contribution < -0.4 is 0 Å². The van der Waals surface area contributed by atoms with Crippen molar-refractivity contribution in [1.82, 2.24) is 9.55 Å². The van der Waals surface area contributed by atoms with Crippen molar-refractivity contribution in [2.24, 2.45) is 0 Å². The first-order chi connectivity index (χ1) is 5.86. The zero-order valence-electron chi connectivity index (χ0n) is 7.36. The maximum absolute atomic E-state index is 5.53. The Balaban J connectivity index is 1.98. The maximum atomic E-state index is 5.53. The summed E-state index contributed by atoms with van der Waals surface area (Å²) >= 11 is 0. The van der Waals surface area contributed by atoms with Gasteiger partial charge in [-0.2, -0.15) is 0 Å². The van der Waals surface area contributed by atoms with Gasteiger partial charge in [0.25, 0.3) is 0 Å². The molecule has 0 saturated carbocycles. The quantitative estimate of drug-likeness (QED) is 0.663. The predicted octanol–water partition coefficient (Wildman–Crippen LogP) is 1.37. The lowest BCUT2D eigenvalue weighted by Crippen LogP contribution is -2.15. The Morgan fingerprint density at radius 2 is 2.67 bits per heavy atom. The van der Waals surface area contributed by atoms with Crippen LogP contribution >= 0.6 is 0 Å². The molecule has 0 aliphatic carbocycles. The molecule has 2 heterocycles. The van der Waals surface area contributed by atoms with Crippen LogP contribution in [0.15, 0.2) is 12.4 Å². The maximum Gasteiger partial charge on any atom is 0.105 e. The molecule has 3 heteroatoms. The van der Waals surface area contributed by atoms with E-state index in [0.29, 0.717) is 6.10 Å². The number of aromatic nitrogens is 2. The van der Waals surface area contributed by atoms with E-state index in [0.717, 1.165) is 19.0 Å². The fraction of sp³-hybridized carbons (Fsp3) is 0.667. The smallest absolute Gasteiger partial charge is 0.105 e. The van der Waals surface area contributed by atoms with E-state index >= 15 is 0 Å². The summed E-state index contributed by atoms with van der Waals surface area (Å²) < 4.78 is 7.68. The van der Waals surface area contributed by atoms with Gasteiger partial charge >= 0.3 is 0 Å². The number of nitrogens with zero attached hydrogens (tertiary/aromatic N) is 2. The zero-order chi connectivity index (χ0) is 8.39. The summed E-state index contributed by atoms with van der Waals surface area (Å²) in [5.41, 5.74) is 0. The number of rotatable bonds is 2. The molecular formula is C9H14N2O. The molecule has 0 N–H and O–H groups in total. The lowest BCUT2D eigenvalue weighted by atomic mass is 10.2. The zero-order valence-corrected chi connectivity index (χ0v) is 7.36. The lowest BCUT2D eigenvalue weighted by Gasteiger charge is -2.10. The van der Waals surface area contributed by atoms with Crippen LogP contribution in [-0.4, -0.2) is 22.3 Å². The van der Waals surface area contributed by atoms with Crippen LogP contribution in [0.4, 0.5) is 0 Å². The standard InChI is InChI=1S/C9H14N2O/c1-8-10-4-5-11(8)7-9-3-2-6-12-9/h4-5,9H,2-3,6-7H2,1H3/t9-/m1/s1. The van der Waals surface area contributed by atoms with E-state index in [1.165, 1.54) is 12.8 Å². The Morgan fingerprint density at radius 1 is 1.75 bits per heavy atom. The van der Waals surface area contributed by atoms with Crippen molar-refractivity contribution >= 4 is 0 Å². The lowest BCUT2D eigenvalue weighted by molar-refractivity contribution is 0.0965. The average molecular weight is 166 g/mol. The van der Waals surface area contributed by atoms with Crippen LogP contribution in [0.3, 0.4) is 0 Å². The van der Waals surface area contributed by atoms with Gasteiger partial charge in [-0.25, -0.2) is 4.98 Å². The molecule has 1 saturated heterocycles. The fourth-order valence-corrected chi connectivity index (χ4v) is 1.60. The number of hydrogen-bond donors (Lipinski definition) is 0. The van der Waals surface area contributed by atoms with E-state index in [4.69, 9.17) is 4.74 Å². The van der Waals surface area contributed by atoms with Crippen LogP contribution in [0.5, 0.6) is 0 Å². The SMILES string of the molecule is Cc1nccn1C[C@H]1CCCO1. The Bertz CT molecular complexity index is 251. The first-order valence-electron chi connectivity index (χ1n) is 4.45. The Hall–Kier alpha value is -0.830. The van der Waals surface area contributed by atoms with Crippen molar-refractivity contribution in [3.8, 4) is 0 Å². The van der Waals surface area contributed by atoms with Gasteiger partial charge in [0.2, 0.25) is 0 Å². The van der Waals surface area contributed by atoms with Gasteiger partial charge in [-0.1, -0.05) is 0 Å². The molecule has 0 aromatic carbocycles. The topological polar surface area (TPSA) is 27.1 Å². The minimum atomic E-state index is 0.415. The van der Waals surface area contributed by atoms with Crippen LogP contribution in [-0.2, 0) is 11.3 Å². The summed E-state index contributed by atoms with van der Waals surface area (Å²) in [7, 11) is 0. The number of imidazole rings is 1. The Labute approximate surface area is 72.4 Å². The highest BCUT2D eigenvalue weighted by Crippen LogP contribution is 2.14. The van der Waals surface area contributed by atoms with E-state index in [1.54, 1.807) is 0 Å². The number of hydrogen-bond acceptors (Lipinski definition) is 2. The molecule has 3 nitrogen and oxygen atoms in total. The largest absolute Gasteiger partial charge is 0.376 e. The van der Waals surface area contributed by atoms with Gasteiger partial charge in [-0.15, -0.1) is 0 Å². The molecular weight excluding hydrogens is 152 g/mol. The molecule has 0 spiro atoms. The molecule has 1 aliphatic rings. The number of ether oxygens (including phenoxy) is 1. The van der Waals surface area contributed by atoms with E-state index in [1.807, 2.05) is 19.3 Å². The van der Waals surface area contributed by atoms with Crippen molar-refractivity contribution in [2.75, 3.05) is 6.61 Å². The first-order valence-corrected chi connectivity index (χ1v) is 4.45. The molecule has 2 rings (SSSR count). The molecule has 1 aliphatic heterocycles. The van der Waals surface area contributed by atoms with E-state index < -0.39 is 0 Å². The molecule has 1 aromatic heterocycles. The van der Waals surface area contributed by atoms with Gasteiger partial charge in [0.1, 0.15) is 5.82 Å². The van der Waals surface area contributed by atoms with Crippen molar-refractivity contribution in [3.05, 3.63) is 18.2 Å². The molecule has 0 unspecified atom stereocenters. The number of aryl methyl sites for hydroxylation is 1. The average Bonchev–Trinajstić information content (AvgIpc) is 2.65. The summed E-state index contributed by atoms with van der Waals surface area (Å²) in [5.74, 6) is 1.07. The Kier molecular flexibility index (Phi) is 2.13. The van der Waals surface area contributed by atoms with Gasteiger partial charge < -0.3 is 9.30 Å². The second kappa shape index (κ2) is 3.27. The van der Waals surface area contributed by atoms with Gasteiger partial charge in [0, 0.05) is 25.5 Å². The molecule has 66 valence electrons. The van der Waals surface area contributed by atoms with Crippen LogP contribution in [0.1, 0.15) is 18.7 Å². The van der Waals surface area contributed by atoms with Gasteiger partial charge in [0.05, 0.1) is 6.10 Å². The summed E-state index contributed by atoms with van der Waals surface area (Å²) in [5, 5.41) is 0. The first kappa shape index (κ1) is 7.80. The normalized spacial score (nSPS) is 23.2. The fourth-order valence-electron chi connectivity index (χ4n) is 1.60. The molecule has 12 heavy (non-hydrogen) atoms. The minimum Gasteiger partial charge on any atom is -0.376 e. The molecule has 1 atom stereocenters. The molecule has 1 fully saturated rings. The van der Waals surface area contributed by atoms with E-state index in [9.17, 15) is 0 Å². The summed E-state index contributed by atoms with van der Waals surface area (Å²) in [6, 6.07) is 0. The third-order valence-electron chi connectivity index (χ3n) is 2.35. The van der Waals surface area contributed by atoms with Crippen molar-refractivity contribution < 1.29 is 4.74 Å². The monoisotopic (exact) mass is 166 g/mol. The predicted molar refractivity (Wildman–Crippen MR) is 45.9 cm³/mol. The Morgan fingerprint density at radius 3 is 3.25 bits per heavy atom. The second-order valence-corrected chi connectivity index (χ2v) is 3.26. The highest BCUT2D eigenvalue weighted by molar-refractivity contribution is 4.89. The molecule has 1 aromatic rings. The molecule has 0 radical (unpaired) electrons. The third-order valence-corrected chi connectivity index (χ3v) is 2.35. The van der Waals surface area contributed by atoms with E-state index in [-0.39, 0.29) is 0 Å². The summed E-state index contributed by atoms with van der Waals surface area (Å²) in [4.78, 5) is 4.17. The molecule has 0 amide bonds.